The molecule has 0 aromatic heterocycles. The van der Waals surface area contributed by atoms with Gasteiger partial charge in [0, 0.05) is 23.4 Å². The Morgan fingerprint density at radius 1 is 1.12 bits per heavy atom. The Labute approximate surface area is 149 Å². The van der Waals surface area contributed by atoms with E-state index in [0.29, 0.717) is 16.3 Å². The standard InChI is InChI=1S/C19H28ClNO3/c1-18(2,3)12-19(4,5)21-17(23)10-8-15(22)14-11-13(20)7-9-16(14)24-6/h7,9,11H,8,10,12H2,1-6H3,(H,21,23). The second kappa shape index (κ2) is 8.02. The van der Waals surface area contributed by atoms with Gasteiger partial charge >= 0.3 is 0 Å². The summed E-state index contributed by atoms with van der Waals surface area (Å²) in [6.45, 7) is 10.4. The highest BCUT2D eigenvalue weighted by atomic mass is 35.5. The maximum atomic E-state index is 12.4. The molecule has 5 heteroatoms. The van der Waals surface area contributed by atoms with E-state index in [9.17, 15) is 9.59 Å². The molecule has 0 aliphatic heterocycles. The highest BCUT2D eigenvalue weighted by Gasteiger charge is 2.27. The first kappa shape index (κ1) is 20.5. The summed E-state index contributed by atoms with van der Waals surface area (Å²) in [6.07, 6.45) is 1.11. The van der Waals surface area contributed by atoms with Crippen molar-refractivity contribution in [2.45, 2.75) is 59.4 Å². The summed E-state index contributed by atoms with van der Waals surface area (Å²) in [5.41, 5.74) is 0.208. The van der Waals surface area contributed by atoms with Crippen molar-refractivity contribution in [2.75, 3.05) is 7.11 Å². The maximum Gasteiger partial charge on any atom is 0.220 e. The van der Waals surface area contributed by atoms with Crippen molar-refractivity contribution in [3.63, 3.8) is 0 Å². The molecule has 0 aliphatic carbocycles. The molecule has 0 heterocycles. The number of hydrogen-bond acceptors (Lipinski definition) is 3. The minimum atomic E-state index is -0.313. The molecule has 0 saturated heterocycles. The van der Waals surface area contributed by atoms with Crippen molar-refractivity contribution in [2.24, 2.45) is 5.41 Å². The summed E-state index contributed by atoms with van der Waals surface area (Å²) in [6, 6.07) is 4.89. The second-order valence-corrected chi connectivity index (χ2v) is 8.37. The fraction of sp³-hybridized carbons (Fsp3) is 0.579. The Bertz CT molecular complexity index is 603. The molecule has 1 rings (SSSR count). The van der Waals surface area contributed by atoms with Gasteiger partial charge in [0.1, 0.15) is 5.75 Å². The van der Waals surface area contributed by atoms with Gasteiger partial charge in [0.05, 0.1) is 12.7 Å². The molecule has 1 aromatic carbocycles. The lowest BCUT2D eigenvalue weighted by atomic mass is 9.81. The molecule has 1 N–H and O–H groups in total. The van der Waals surface area contributed by atoms with Crippen LogP contribution >= 0.6 is 11.6 Å². The molecule has 0 radical (unpaired) electrons. The van der Waals surface area contributed by atoms with E-state index in [1.165, 1.54) is 7.11 Å². The molecular weight excluding hydrogens is 326 g/mol. The predicted molar refractivity (Wildman–Crippen MR) is 97.9 cm³/mol. The molecule has 4 nitrogen and oxygen atoms in total. The lowest BCUT2D eigenvalue weighted by Gasteiger charge is -2.33. The van der Waals surface area contributed by atoms with Crippen LogP contribution in [0.15, 0.2) is 18.2 Å². The fourth-order valence-electron chi connectivity index (χ4n) is 3.07. The Morgan fingerprint density at radius 3 is 2.29 bits per heavy atom. The first-order valence-electron chi connectivity index (χ1n) is 8.11. The van der Waals surface area contributed by atoms with Crippen molar-refractivity contribution in [1.29, 1.82) is 0 Å². The van der Waals surface area contributed by atoms with Crippen LogP contribution in [0.2, 0.25) is 5.02 Å². The second-order valence-electron chi connectivity index (χ2n) is 7.94. The summed E-state index contributed by atoms with van der Waals surface area (Å²) in [5, 5.41) is 3.48. The van der Waals surface area contributed by atoms with E-state index in [1.807, 2.05) is 13.8 Å². The van der Waals surface area contributed by atoms with Crippen LogP contribution < -0.4 is 10.1 Å². The van der Waals surface area contributed by atoms with Gasteiger partial charge in [0.25, 0.3) is 0 Å². The average Bonchev–Trinajstić information content (AvgIpc) is 2.41. The number of nitrogens with one attached hydrogen (secondary N) is 1. The zero-order valence-electron chi connectivity index (χ0n) is 15.5. The minimum Gasteiger partial charge on any atom is -0.496 e. The van der Waals surface area contributed by atoms with E-state index in [-0.39, 0.29) is 35.5 Å². The van der Waals surface area contributed by atoms with Crippen LogP contribution in [0.25, 0.3) is 0 Å². The third-order valence-electron chi connectivity index (χ3n) is 3.49. The largest absolute Gasteiger partial charge is 0.496 e. The smallest absolute Gasteiger partial charge is 0.220 e. The Kier molecular flexibility index (Phi) is 6.85. The molecule has 0 saturated carbocycles. The van der Waals surface area contributed by atoms with Crippen LogP contribution in [-0.2, 0) is 4.79 Å². The number of ether oxygens (including phenoxy) is 1. The number of Topliss-reactive ketones (excluding diaryl/α,β-unsaturated/α-hetero) is 1. The summed E-state index contributed by atoms with van der Waals surface area (Å²) in [4.78, 5) is 24.5. The normalized spacial score (nSPS) is 12.0. The Hall–Kier alpha value is -1.55. The van der Waals surface area contributed by atoms with Gasteiger partial charge in [-0.25, -0.2) is 0 Å². The first-order valence-corrected chi connectivity index (χ1v) is 8.49. The molecular formula is C19H28ClNO3. The fourth-order valence-corrected chi connectivity index (χ4v) is 3.24. The zero-order chi connectivity index (χ0) is 18.5. The SMILES string of the molecule is COc1ccc(Cl)cc1C(=O)CCC(=O)NC(C)(C)CC(C)(C)C. The van der Waals surface area contributed by atoms with E-state index in [1.54, 1.807) is 18.2 Å². The third-order valence-corrected chi connectivity index (χ3v) is 3.73. The van der Waals surface area contributed by atoms with Crippen LogP contribution in [0.4, 0.5) is 0 Å². The predicted octanol–water partition coefficient (Wildman–Crippen LogP) is 4.64. The number of ketones is 1. The van der Waals surface area contributed by atoms with Gasteiger partial charge < -0.3 is 10.1 Å². The molecule has 0 aliphatic rings. The van der Waals surface area contributed by atoms with Crippen molar-refractivity contribution < 1.29 is 14.3 Å². The molecule has 0 bridgehead atoms. The van der Waals surface area contributed by atoms with Gasteiger partial charge in [-0.15, -0.1) is 0 Å². The van der Waals surface area contributed by atoms with Crippen molar-refractivity contribution in [3.05, 3.63) is 28.8 Å². The Balaban J connectivity index is 2.64. The van der Waals surface area contributed by atoms with Crippen molar-refractivity contribution in [1.82, 2.24) is 5.32 Å². The number of rotatable bonds is 7. The molecule has 1 amide bonds. The van der Waals surface area contributed by atoms with Gasteiger partial charge in [-0.2, -0.15) is 0 Å². The third kappa shape index (κ3) is 6.91. The van der Waals surface area contributed by atoms with Gasteiger partial charge in [-0.05, 0) is 43.9 Å². The van der Waals surface area contributed by atoms with E-state index < -0.39 is 0 Å². The molecule has 24 heavy (non-hydrogen) atoms. The quantitative estimate of drug-likeness (QED) is 0.726. The van der Waals surface area contributed by atoms with Gasteiger partial charge in [0.15, 0.2) is 5.78 Å². The van der Waals surface area contributed by atoms with Gasteiger partial charge in [0.2, 0.25) is 5.91 Å². The molecule has 0 unspecified atom stereocenters. The van der Waals surface area contributed by atoms with Crippen LogP contribution in [0.5, 0.6) is 5.75 Å². The molecule has 134 valence electrons. The highest BCUT2D eigenvalue weighted by Crippen LogP contribution is 2.27. The first-order chi connectivity index (χ1) is 10.9. The molecule has 0 spiro atoms. The molecule has 1 aromatic rings. The van der Waals surface area contributed by atoms with Crippen LogP contribution in [-0.4, -0.2) is 24.3 Å². The number of amides is 1. The van der Waals surface area contributed by atoms with E-state index >= 15 is 0 Å². The van der Waals surface area contributed by atoms with Gasteiger partial charge in [-0.1, -0.05) is 32.4 Å². The summed E-state index contributed by atoms with van der Waals surface area (Å²) >= 11 is 5.94. The summed E-state index contributed by atoms with van der Waals surface area (Å²) in [7, 11) is 1.50. The maximum absolute atomic E-state index is 12.4. The highest BCUT2D eigenvalue weighted by molar-refractivity contribution is 6.31. The van der Waals surface area contributed by atoms with E-state index in [4.69, 9.17) is 16.3 Å². The topological polar surface area (TPSA) is 55.4 Å². The average molecular weight is 354 g/mol. The number of carbonyl (C=O) groups is 2. The zero-order valence-corrected chi connectivity index (χ0v) is 16.2. The number of methoxy groups -OCH3 is 1. The number of halogens is 1. The van der Waals surface area contributed by atoms with Gasteiger partial charge in [-0.3, -0.25) is 9.59 Å². The van der Waals surface area contributed by atoms with Crippen LogP contribution in [0, 0.1) is 5.41 Å². The lowest BCUT2D eigenvalue weighted by Crippen LogP contribution is -2.45. The van der Waals surface area contributed by atoms with Crippen molar-refractivity contribution in [3.8, 4) is 5.75 Å². The van der Waals surface area contributed by atoms with Crippen molar-refractivity contribution >= 4 is 23.3 Å². The lowest BCUT2D eigenvalue weighted by molar-refractivity contribution is -0.122. The molecule has 0 fully saturated rings. The monoisotopic (exact) mass is 353 g/mol. The number of benzene rings is 1. The van der Waals surface area contributed by atoms with Crippen LogP contribution in [0.1, 0.15) is 64.2 Å². The summed E-state index contributed by atoms with van der Waals surface area (Å²) in [5.74, 6) is 0.189. The van der Waals surface area contributed by atoms with E-state index in [2.05, 4.69) is 26.1 Å². The van der Waals surface area contributed by atoms with Crippen LogP contribution in [0.3, 0.4) is 0 Å². The Morgan fingerprint density at radius 2 is 1.75 bits per heavy atom. The number of carbonyl (C=O) groups excluding carboxylic acids is 2. The minimum absolute atomic E-state index is 0.112. The van der Waals surface area contributed by atoms with E-state index in [0.717, 1.165) is 6.42 Å². The summed E-state index contributed by atoms with van der Waals surface area (Å²) < 4.78 is 5.18. The number of hydrogen-bond donors (Lipinski definition) is 1. The molecule has 0 atom stereocenters.